The average Bonchev–Trinajstić information content (AvgIpc) is 2.75. The minimum atomic E-state index is -3.57. The molecule has 31 heavy (non-hydrogen) atoms. The number of rotatable bonds is 7. The zero-order valence-corrected chi connectivity index (χ0v) is 19.1. The maximum Gasteiger partial charge on any atom is 0.256 e. The smallest absolute Gasteiger partial charge is 0.256 e. The molecule has 0 unspecified atom stereocenters. The van der Waals surface area contributed by atoms with E-state index in [1.807, 2.05) is 0 Å². The van der Waals surface area contributed by atoms with E-state index in [9.17, 15) is 18.0 Å². The molecule has 0 saturated heterocycles. The highest BCUT2D eigenvalue weighted by Crippen LogP contribution is 2.24. The number of carbonyl (C=O) groups excluding carboxylic acids is 2. The van der Waals surface area contributed by atoms with E-state index < -0.39 is 15.7 Å². The molecule has 0 atom stereocenters. The lowest BCUT2D eigenvalue weighted by atomic mass is 9.95. The summed E-state index contributed by atoms with van der Waals surface area (Å²) in [5.41, 5.74) is 0.710. The van der Waals surface area contributed by atoms with E-state index in [4.69, 9.17) is 11.6 Å². The zero-order chi connectivity index (χ0) is 22.4. The van der Waals surface area contributed by atoms with Gasteiger partial charge >= 0.3 is 0 Å². The van der Waals surface area contributed by atoms with Gasteiger partial charge in [0, 0.05) is 11.7 Å². The van der Waals surface area contributed by atoms with E-state index in [0.717, 1.165) is 25.7 Å². The molecule has 1 fully saturated rings. The molecule has 2 N–H and O–H groups in total. The van der Waals surface area contributed by atoms with E-state index >= 15 is 0 Å². The molecule has 0 bridgehead atoms. The number of hydrogen-bond donors (Lipinski definition) is 2. The Morgan fingerprint density at radius 3 is 2.42 bits per heavy atom. The molecule has 1 aliphatic rings. The third-order valence-corrected chi connectivity index (χ3v) is 7.65. The van der Waals surface area contributed by atoms with Crippen molar-refractivity contribution in [1.29, 1.82) is 0 Å². The molecule has 166 valence electrons. The number of benzene rings is 2. The fraction of sp³-hybridized carbons (Fsp3) is 0.391. The number of anilines is 1. The predicted octanol–water partition coefficient (Wildman–Crippen LogP) is 4.84. The van der Waals surface area contributed by atoms with E-state index in [0.29, 0.717) is 12.1 Å². The van der Waals surface area contributed by atoms with Crippen molar-refractivity contribution in [3.05, 3.63) is 58.6 Å². The zero-order valence-electron chi connectivity index (χ0n) is 17.5. The first kappa shape index (κ1) is 23.3. The van der Waals surface area contributed by atoms with E-state index in [1.165, 1.54) is 24.6 Å². The molecule has 0 radical (unpaired) electrons. The van der Waals surface area contributed by atoms with E-state index in [2.05, 4.69) is 10.6 Å². The largest absolute Gasteiger partial charge is 0.349 e. The van der Waals surface area contributed by atoms with Gasteiger partial charge in [-0.1, -0.05) is 49.9 Å². The Hall–Kier alpha value is -2.38. The van der Waals surface area contributed by atoms with Crippen LogP contribution in [0.2, 0.25) is 5.02 Å². The molecule has 0 aliphatic heterocycles. The standard InChI is InChI=1S/C23H27ClN2O4S/c1-2-14-31(29,30)21-11-7-6-10-18(21)22(27)26-17-12-13-20(24)19(15-17)23(28)25-16-8-4-3-5-9-16/h6-7,10-13,15-16H,2-5,8-9,14H2,1H3,(H,25,28)(H,26,27). The van der Waals surface area contributed by atoms with Gasteiger partial charge in [0.25, 0.3) is 11.8 Å². The van der Waals surface area contributed by atoms with Crippen molar-refractivity contribution < 1.29 is 18.0 Å². The third kappa shape index (κ3) is 5.86. The van der Waals surface area contributed by atoms with Gasteiger partial charge in [-0.2, -0.15) is 0 Å². The van der Waals surface area contributed by atoms with Crippen LogP contribution in [0.3, 0.4) is 0 Å². The van der Waals surface area contributed by atoms with Gasteiger partial charge < -0.3 is 10.6 Å². The molecule has 2 aromatic rings. The first-order valence-electron chi connectivity index (χ1n) is 10.6. The van der Waals surface area contributed by atoms with Crippen LogP contribution in [0.25, 0.3) is 0 Å². The minimum Gasteiger partial charge on any atom is -0.349 e. The highest BCUT2D eigenvalue weighted by atomic mass is 35.5. The summed E-state index contributed by atoms with van der Waals surface area (Å²) in [7, 11) is -3.57. The van der Waals surface area contributed by atoms with Crippen LogP contribution in [0.15, 0.2) is 47.4 Å². The fourth-order valence-electron chi connectivity index (χ4n) is 3.79. The SMILES string of the molecule is CCCS(=O)(=O)c1ccccc1C(=O)Nc1ccc(Cl)c(C(=O)NC2CCCCC2)c1. The minimum absolute atomic E-state index is 0.00132. The Kier molecular flexibility index (Phi) is 7.73. The Bertz CT molecular complexity index is 1060. The van der Waals surface area contributed by atoms with Crippen LogP contribution in [0.1, 0.15) is 66.2 Å². The predicted molar refractivity (Wildman–Crippen MR) is 123 cm³/mol. The van der Waals surface area contributed by atoms with Crippen LogP contribution in [0.5, 0.6) is 0 Å². The normalized spacial score (nSPS) is 14.8. The summed E-state index contributed by atoms with van der Waals surface area (Å²) in [6.07, 6.45) is 5.72. The van der Waals surface area contributed by atoms with E-state index in [1.54, 1.807) is 31.2 Å². The van der Waals surface area contributed by atoms with Crippen LogP contribution < -0.4 is 10.6 Å². The van der Waals surface area contributed by atoms with Crippen LogP contribution in [-0.4, -0.2) is 32.0 Å². The molecule has 0 spiro atoms. The number of carbonyl (C=O) groups is 2. The van der Waals surface area contributed by atoms with Crippen LogP contribution in [0, 0.1) is 0 Å². The maximum atomic E-state index is 12.9. The molecular formula is C23H27ClN2O4S. The number of halogens is 1. The molecule has 3 rings (SSSR count). The number of hydrogen-bond acceptors (Lipinski definition) is 4. The first-order chi connectivity index (χ1) is 14.8. The lowest BCUT2D eigenvalue weighted by molar-refractivity contribution is 0.0926. The van der Waals surface area contributed by atoms with Gasteiger partial charge in [0.1, 0.15) is 0 Å². The number of amides is 2. The first-order valence-corrected chi connectivity index (χ1v) is 12.6. The molecular weight excluding hydrogens is 436 g/mol. The summed E-state index contributed by atoms with van der Waals surface area (Å²) in [5, 5.41) is 6.00. The summed E-state index contributed by atoms with van der Waals surface area (Å²) < 4.78 is 25.1. The summed E-state index contributed by atoms with van der Waals surface area (Å²) in [6, 6.07) is 10.9. The van der Waals surface area contributed by atoms with Crippen molar-refractivity contribution in [3.8, 4) is 0 Å². The molecule has 1 saturated carbocycles. The Morgan fingerprint density at radius 1 is 1.00 bits per heavy atom. The van der Waals surface area contributed by atoms with Crippen molar-refractivity contribution in [2.45, 2.75) is 56.4 Å². The number of sulfone groups is 1. The van der Waals surface area contributed by atoms with Crippen LogP contribution >= 0.6 is 11.6 Å². The quantitative estimate of drug-likeness (QED) is 0.615. The van der Waals surface area contributed by atoms with Gasteiger partial charge in [-0.05, 0) is 49.6 Å². The summed E-state index contributed by atoms with van der Waals surface area (Å²) in [5.74, 6) is -0.876. The van der Waals surface area contributed by atoms with E-state index in [-0.39, 0.29) is 38.7 Å². The lowest BCUT2D eigenvalue weighted by Gasteiger charge is -2.23. The summed E-state index contributed by atoms with van der Waals surface area (Å²) in [6.45, 7) is 1.77. The monoisotopic (exact) mass is 462 g/mol. The molecule has 8 heteroatoms. The third-order valence-electron chi connectivity index (χ3n) is 5.35. The lowest BCUT2D eigenvalue weighted by Crippen LogP contribution is -2.36. The Balaban J connectivity index is 1.80. The van der Waals surface area contributed by atoms with Gasteiger partial charge in [-0.15, -0.1) is 0 Å². The molecule has 2 aromatic carbocycles. The van der Waals surface area contributed by atoms with Crippen molar-refractivity contribution in [1.82, 2.24) is 5.32 Å². The molecule has 6 nitrogen and oxygen atoms in total. The van der Waals surface area contributed by atoms with Crippen LogP contribution in [-0.2, 0) is 9.84 Å². The van der Waals surface area contributed by atoms with Crippen molar-refractivity contribution in [2.24, 2.45) is 0 Å². The van der Waals surface area contributed by atoms with Gasteiger partial charge in [-0.25, -0.2) is 8.42 Å². The Morgan fingerprint density at radius 2 is 1.71 bits per heavy atom. The summed E-state index contributed by atoms with van der Waals surface area (Å²) >= 11 is 6.23. The van der Waals surface area contributed by atoms with Gasteiger partial charge in [0.05, 0.1) is 26.8 Å². The maximum absolute atomic E-state index is 12.9. The van der Waals surface area contributed by atoms with Crippen LogP contribution in [0.4, 0.5) is 5.69 Å². The van der Waals surface area contributed by atoms with Crippen molar-refractivity contribution in [3.63, 3.8) is 0 Å². The van der Waals surface area contributed by atoms with Gasteiger partial charge in [0.15, 0.2) is 9.84 Å². The highest BCUT2D eigenvalue weighted by molar-refractivity contribution is 7.91. The number of nitrogens with one attached hydrogen (secondary N) is 2. The van der Waals surface area contributed by atoms with Crippen molar-refractivity contribution in [2.75, 3.05) is 11.1 Å². The Labute approximate surface area is 188 Å². The second-order valence-electron chi connectivity index (χ2n) is 7.77. The van der Waals surface area contributed by atoms with Gasteiger partial charge in [-0.3, -0.25) is 9.59 Å². The molecule has 0 heterocycles. The second-order valence-corrected chi connectivity index (χ2v) is 10.3. The van der Waals surface area contributed by atoms with Gasteiger partial charge in [0.2, 0.25) is 0 Å². The average molecular weight is 463 g/mol. The molecule has 2 amide bonds. The summed E-state index contributed by atoms with van der Waals surface area (Å²) in [4.78, 5) is 25.6. The molecule has 0 aromatic heterocycles. The second kappa shape index (κ2) is 10.3. The fourth-order valence-corrected chi connectivity index (χ4v) is 5.53. The highest BCUT2D eigenvalue weighted by Gasteiger charge is 2.22. The van der Waals surface area contributed by atoms with Crippen molar-refractivity contribution >= 4 is 38.9 Å². The molecule has 1 aliphatic carbocycles. The topological polar surface area (TPSA) is 92.3 Å².